The molecule has 5 heteroatoms. The summed E-state index contributed by atoms with van der Waals surface area (Å²) in [5.74, 6) is 2.83. The van der Waals surface area contributed by atoms with Crippen LogP contribution in [0, 0.1) is 0 Å². The van der Waals surface area contributed by atoms with Crippen LogP contribution in [0.4, 0.5) is 0 Å². The van der Waals surface area contributed by atoms with Gasteiger partial charge in [-0.15, -0.1) is 0 Å². The second-order valence-electron chi connectivity index (χ2n) is 3.02. The molecule has 0 aromatic carbocycles. The number of nitrogens with two attached hydrogens (primary N) is 1. The summed E-state index contributed by atoms with van der Waals surface area (Å²) < 4.78 is 4.69. The second-order valence-corrected chi connectivity index (χ2v) is 4.25. The highest BCUT2D eigenvalue weighted by Crippen LogP contribution is 2.31. The van der Waals surface area contributed by atoms with E-state index in [4.69, 9.17) is 5.73 Å². The molecule has 1 aliphatic rings. The lowest BCUT2D eigenvalue weighted by atomic mass is 9.93. The van der Waals surface area contributed by atoms with Crippen LogP contribution in [-0.4, -0.2) is 21.6 Å². The monoisotopic (exact) mass is 185 g/mol. The van der Waals surface area contributed by atoms with Gasteiger partial charge in [-0.25, -0.2) is 0 Å². The van der Waals surface area contributed by atoms with E-state index in [2.05, 4.69) is 14.7 Å². The summed E-state index contributed by atoms with van der Waals surface area (Å²) in [5, 5.41) is 3.79. The molecule has 1 fully saturated rings. The maximum Gasteiger partial charge on any atom is 0.213 e. The highest BCUT2D eigenvalue weighted by Gasteiger charge is 2.33. The summed E-state index contributed by atoms with van der Waals surface area (Å²) in [6, 6.07) is 0. The third-order valence-electron chi connectivity index (χ3n) is 2.19. The molecular weight excluding hydrogens is 174 g/mol. The molecule has 1 aromatic heterocycles. The normalized spacial score (nSPS) is 22.4. The molecule has 0 atom stereocenters. The summed E-state index contributed by atoms with van der Waals surface area (Å²) in [4.78, 5) is 4.00. The summed E-state index contributed by atoms with van der Waals surface area (Å²) in [6.45, 7) is 0. The van der Waals surface area contributed by atoms with Gasteiger partial charge in [0.2, 0.25) is 6.39 Å². The van der Waals surface area contributed by atoms with E-state index in [0.717, 1.165) is 24.3 Å². The zero-order valence-electron chi connectivity index (χ0n) is 6.69. The molecule has 2 N–H and O–H groups in total. The van der Waals surface area contributed by atoms with Crippen molar-refractivity contribution in [2.45, 2.75) is 18.4 Å². The van der Waals surface area contributed by atoms with Crippen LogP contribution in [0.2, 0.25) is 0 Å². The maximum absolute atomic E-state index is 6.13. The standard InChI is InChI=1S/C7H11N3OS/c8-7(1-3-12-4-2-7)6-9-5-11-10-6/h5H,1-4,8H2. The van der Waals surface area contributed by atoms with Gasteiger partial charge in [0.15, 0.2) is 5.82 Å². The fourth-order valence-corrected chi connectivity index (χ4v) is 2.57. The third kappa shape index (κ3) is 1.34. The van der Waals surface area contributed by atoms with Crippen molar-refractivity contribution in [3.8, 4) is 0 Å². The molecule has 0 unspecified atom stereocenters. The van der Waals surface area contributed by atoms with Crippen LogP contribution in [0.1, 0.15) is 18.7 Å². The largest absolute Gasteiger partial charge is 0.343 e. The van der Waals surface area contributed by atoms with E-state index >= 15 is 0 Å². The minimum absolute atomic E-state index is 0.335. The first-order valence-corrected chi connectivity index (χ1v) is 5.10. The number of nitrogens with zero attached hydrogens (tertiary/aromatic N) is 2. The molecule has 1 aliphatic heterocycles. The SMILES string of the molecule is NC1(c2ncon2)CCSCC1. The lowest BCUT2D eigenvalue weighted by Gasteiger charge is -2.29. The zero-order valence-corrected chi connectivity index (χ0v) is 7.51. The maximum atomic E-state index is 6.13. The highest BCUT2D eigenvalue weighted by molar-refractivity contribution is 7.99. The first kappa shape index (κ1) is 8.07. The zero-order chi connectivity index (χ0) is 8.44. The summed E-state index contributed by atoms with van der Waals surface area (Å²) >= 11 is 1.93. The Morgan fingerprint density at radius 2 is 2.25 bits per heavy atom. The van der Waals surface area contributed by atoms with Gasteiger partial charge in [0.05, 0.1) is 5.54 Å². The van der Waals surface area contributed by atoms with Crippen molar-refractivity contribution >= 4 is 11.8 Å². The predicted molar refractivity (Wildman–Crippen MR) is 46.7 cm³/mol. The van der Waals surface area contributed by atoms with Gasteiger partial charge >= 0.3 is 0 Å². The first-order chi connectivity index (χ1) is 5.81. The number of rotatable bonds is 1. The van der Waals surface area contributed by atoms with Crippen LogP contribution in [-0.2, 0) is 5.54 Å². The van der Waals surface area contributed by atoms with Crippen molar-refractivity contribution in [1.82, 2.24) is 10.1 Å². The number of aromatic nitrogens is 2. The molecule has 2 heterocycles. The Bertz CT molecular complexity index is 243. The molecule has 2 rings (SSSR count). The molecule has 4 nitrogen and oxygen atoms in total. The van der Waals surface area contributed by atoms with Gasteiger partial charge < -0.3 is 10.3 Å². The van der Waals surface area contributed by atoms with Gasteiger partial charge in [-0.05, 0) is 24.3 Å². The van der Waals surface area contributed by atoms with Gasteiger partial charge in [-0.3, -0.25) is 0 Å². The summed E-state index contributed by atoms with van der Waals surface area (Å²) in [7, 11) is 0. The van der Waals surface area contributed by atoms with Crippen LogP contribution in [0.5, 0.6) is 0 Å². The lowest BCUT2D eigenvalue weighted by Crippen LogP contribution is -2.41. The van der Waals surface area contributed by atoms with Crippen LogP contribution in [0.25, 0.3) is 0 Å². The van der Waals surface area contributed by atoms with Crippen molar-refractivity contribution in [3.63, 3.8) is 0 Å². The molecule has 0 aliphatic carbocycles. The fourth-order valence-electron chi connectivity index (χ4n) is 1.35. The molecule has 0 bridgehead atoms. The Hall–Kier alpha value is -0.550. The Kier molecular flexibility index (Phi) is 2.06. The van der Waals surface area contributed by atoms with Crippen molar-refractivity contribution in [2.75, 3.05) is 11.5 Å². The number of thioether (sulfide) groups is 1. The second kappa shape index (κ2) is 3.06. The van der Waals surface area contributed by atoms with E-state index in [-0.39, 0.29) is 5.54 Å². The Labute approximate surface area is 74.9 Å². The van der Waals surface area contributed by atoms with Gasteiger partial charge in [0.25, 0.3) is 0 Å². The third-order valence-corrected chi connectivity index (χ3v) is 3.18. The van der Waals surface area contributed by atoms with E-state index in [1.54, 1.807) is 0 Å². The fraction of sp³-hybridized carbons (Fsp3) is 0.714. The van der Waals surface area contributed by atoms with Crippen LogP contribution >= 0.6 is 11.8 Å². The van der Waals surface area contributed by atoms with Crippen molar-refractivity contribution in [1.29, 1.82) is 0 Å². The van der Waals surface area contributed by atoms with E-state index in [1.165, 1.54) is 6.39 Å². The topological polar surface area (TPSA) is 64.9 Å². The molecule has 12 heavy (non-hydrogen) atoms. The van der Waals surface area contributed by atoms with E-state index in [0.29, 0.717) is 5.82 Å². The Morgan fingerprint density at radius 1 is 1.50 bits per heavy atom. The number of hydrogen-bond acceptors (Lipinski definition) is 5. The summed E-state index contributed by atoms with van der Waals surface area (Å²) in [6.07, 6.45) is 3.22. The average Bonchev–Trinajstić information content (AvgIpc) is 2.58. The quantitative estimate of drug-likeness (QED) is 0.699. The molecule has 0 radical (unpaired) electrons. The molecule has 0 saturated carbocycles. The van der Waals surface area contributed by atoms with Crippen LogP contribution < -0.4 is 5.73 Å². The van der Waals surface area contributed by atoms with E-state index in [1.807, 2.05) is 11.8 Å². The molecule has 0 spiro atoms. The van der Waals surface area contributed by atoms with Gasteiger partial charge in [-0.1, -0.05) is 5.16 Å². The predicted octanol–water partition coefficient (Wildman–Crippen LogP) is 0.751. The Balaban J connectivity index is 2.19. The van der Waals surface area contributed by atoms with Gasteiger partial charge in [-0.2, -0.15) is 16.7 Å². The molecule has 1 aromatic rings. The lowest BCUT2D eigenvalue weighted by molar-refractivity contribution is 0.346. The smallest absolute Gasteiger partial charge is 0.213 e. The van der Waals surface area contributed by atoms with E-state index in [9.17, 15) is 0 Å². The van der Waals surface area contributed by atoms with Crippen LogP contribution in [0.15, 0.2) is 10.9 Å². The summed E-state index contributed by atoms with van der Waals surface area (Å²) in [5.41, 5.74) is 5.79. The Morgan fingerprint density at radius 3 is 2.83 bits per heavy atom. The average molecular weight is 185 g/mol. The van der Waals surface area contributed by atoms with Crippen molar-refractivity contribution in [3.05, 3.63) is 12.2 Å². The van der Waals surface area contributed by atoms with Crippen molar-refractivity contribution < 1.29 is 4.52 Å². The first-order valence-electron chi connectivity index (χ1n) is 3.95. The van der Waals surface area contributed by atoms with Gasteiger partial charge in [0, 0.05) is 0 Å². The highest BCUT2D eigenvalue weighted by atomic mass is 32.2. The molecule has 66 valence electrons. The van der Waals surface area contributed by atoms with Crippen molar-refractivity contribution in [2.24, 2.45) is 5.73 Å². The molecular formula is C7H11N3OS. The number of hydrogen-bond donors (Lipinski definition) is 1. The van der Waals surface area contributed by atoms with E-state index < -0.39 is 0 Å². The van der Waals surface area contributed by atoms with Gasteiger partial charge in [0.1, 0.15) is 0 Å². The molecule has 1 saturated heterocycles. The minimum Gasteiger partial charge on any atom is -0.343 e. The minimum atomic E-state index is -0.335. The van der Waals surface area contributed by atoms with Crippen LogP contribution in [0.3, 0.4) is 0 Å². The molecule has 0 amide bonds.